The van der Waals surface area contributed by atoms with Crippen LogP contribution in [0.1, 0.15) is 16.3 Å². The number of alkyl halides is 2. The summed E-state index contributed by atoms with van der Waals surface area (Å²) >= 11 is 5.88. The second-order valence-corrected chi connectivity index (χ2v) is 6.45. The summed E-state index contributed by atoms with van der Waals surface area (Å²) in [5.74, 6) is 1.54. The number of fused-ring (bicyclic) bond motifs is 1. The summed E-state index contributed by atoms with van der Waals surface area (Å²) in [7, 11) is 0. The van der Waals surface area contributed by atoms with Gasteiger partial charge in [0.25, 0.3) is 5.91 Å². The van der Waals surface area contributed by atoms with Crippen molar-refractivity contribution >= 4 is 23.2 Å². The van der Waals surface area contributed by atoms with Crippen molar-refractivity contribution < 1.29 is 36.9 Å². The SMILES string of the molecule is O=C(Nc1ccc(OC(F)F)c(Cl)c1)c1ccc(COc2ccc3c(c2)OCO3)o1. The van der Waals surface area contributed by atoms with Gasteiger partial charge in [0.1, 0.15) is 23.9 Å². The monoisotopic (exact) mass is 437 g/mol. The van der Waals surface area contributed by atoms with Gasteiger partial charge in [-0.3, -0.25) is 4.79 Å². The van der Waals surface area contributed by atoms with Gasteiger partial charge in [-0.05, 0) is 42.5 Å². The smallest absolute Gasteiger partial charge is 0.387 e. The van der Waals surface area contributed by atoms with E-state index in [-0.39, 0.29) is 29.9 Å². The van der Waals surface area contributed by atoms with Crippen molar-refractivity contribution in [1.29, 1.82) is 0 Å². The summed E-state index contributed by atoms with van der Waals surface area (Å²) in [5.41, 5.74) is 0.293. The zero-order valence-corrected chi connectivity index (χ0v) is 15.9. The molecule has 0 bridgehead atoms. The van der Waals surface area contributed by atoms with Crippen LogP contribution in [0.2, 0.25) is 5.02 Å². The van der Waals surface area contributed by atoms with Crippen LogP contribution in [0, 0.1) is 0 Å². The van der Waals surface area contributed by atoms with Crippen molar-refractivity contribution in [2.75, 3.05) is 12.1 Å². The molecule has 0 aliphatic carbocycles. The molecule has 1 N–H and O–H groups in total. The van der Waals surface area contributed by atoms with Gasteiger partial charge in [0.15, 0.2) is 17.3 Å². The molecule has 156 valence electrons. The molecule has 30 heavy (non-hydrogen) atoms. The summed E-state index contributed by atoms with van der Waals surface area (Å²) in [6, 6.07) is 12.2. The lowest BCUT2D eigenvalue weighted by atomic mass is 10.3. The lowest BCUT2D eigenvalue weighted by Crippen LogP contribution is -2.11. The normalized spacial score (nSPS) is 12.1. The third-order valence-electron chi connectivity index (χ3n) is 4.02. The summed E-state index contributed by atoms with van der Waals surface area (Å²) in [5, 5.41) is 2.50. The zero-order valence-electron chi connectivity index (χ0n) is 15.2. The maximum atomic E-state index is 12.3. The molecule has 1 amide bonds. The van der Waals surface area contributed by atoms with E-state index in [4.69, 9.17) is 30.2 Å². The van der Waals surface area contributed by atoms with Crippen LogP contribution in [-0.4, -0.2) is 19.3 Å². The molecule has 2 heterocycles. The molecule has 2 aromatic carbocycles. The first-order chi connectivity index (χ1) is 14.5. The molecule has 0 spiro atoms. The van der Waals surface area contributed by atoms with Gasteiger partial charge < -0.3 is 28.7 Å². The fourth-order valence-electron chi connectivity index (χ4n) is 2.66. The van der Waals surface area contributed by atoms with Gasteiger partial charge in [-0.25, -0.2) is 0 Å². The number of rotatable bonds is 7. The number of hydrogen-bond donors (Lipinski definition) is 1. The highest BCUT2D eigenvalue weighted by Gasteiger charge is 2.16. The van der Waals surface area contributed by atoms with Gasteiger partial charge in [-0.2, -0.15) is 8.78 Å². The molecule has 0 unspecified atom stereocenters. The summed E-state index contributed by atoms with van der Waals surface area (Å²) in [6.45, 7) is -2.73. The summed E-state index contributed by atoms with van der Waals surface area (Å²) < 4.78 is 50.5. The molecule has 0 atom stereocenters. The number of amides is 1. The molecule has 3 aromatic rings. The molecule has 0 saturated carbocycles. The minimum absolute atomic E-state index is 0.0447. The quantitative estimate of drug-likeness (QED) is 0.554. The lowest BCUT2D eigenvalue weighted by molar-refractivity contribution is -0.0497. The Morgan fingerprint density at radius 3 is 2.73 bits per heavy atom. The molecule has 0 radical (unpaired) electrons. The largest absolute Gasteiger partial charge is 0.486 e. The van der Waals surface area contributed by atoms with Gasteiger partial charge in [0.2, 0.25) is 6.79 Å². The van der Waals surface area contributed by atoms with E-state index in [2.05, 4.69) is 10.1 Å². The van der Waals surface area contributed by atoms with Gasteiger partial charge >= 0.3 is 6.61 Å². The van der Waals surface area contributed by atoms with Crippen molar-refractivity contribution in [3.63, 3.8) is 0 Å². The van der Waals surface area contributed by atoms with E-state index >= 15 is 0 Å². The second kappa shape index (κ2) is 8.50. The standard InChI is InChI=1S/C20H14ClF2NO6/c21-14-7-11(1-4-15(14)30-20(22)23)24-19(25)17-6-3-13(29-17)9-26-12-2-5-16-18(8-12)28-10-27-16/h1-8,20H,9-10H2,(H,24,25). The van der Waals surface area contributed by atoms with E-state index < -0.39 is 12.5 Å². The molecular weight excluding hydrogens is 424 g/mol. The number of carbonyl (C=O) groups is 1. The van der Waals surface area contributed by atoms with E-state index in [9.17, 15) is 13.6 Å². The molecule has 0 saturated heterocycles. The number of ether oxygens (including phenoxy) is 4. The van der Waals surface area contributed by atoms with Crippen LogP contribution in [0.5, 0.6) is 23.0 Å². The van der Waals surface area contributed by atoms with E-state index in [0.29, 0.717) is 28.7 Å². The first kappa shape index (κ1) is 19.8. The number of hydrogen-bond acceptors (Lipinski definition) is 6. The summed E-state index contributed by atoms with van der Waals surface area (Å²) in [4.78, 5) is 12.3. The van der Waals surface area contributed by atoms with Crippen LogP contribution in [0.25, 0.3) is 0 Å². The van der Waals surface area contributed by atoms with Gasteiger partial charge in [-0.1, -0.05) is 11.6 Å². The Morgan fingerprint density at radius 2 is 1.93 bits per heavy atom. The third-order valence-corrected chi connectivity index (χ3v) is 4.31. The van der Waals surface area contributed by atoms with Crippen LogP contribution >= 0.6 is 11.6 Å². The highest BCUT2D eigenvalue weighted by Crippen LogP contribution is 2.35. The fraction of sp³-hybridized carbons (Fsp3) is 0.150. The van der Waals surface area contributed by atoms with E-state index in [0.717, 1.165) is 0 Å². The van der Waals surface area contributed by atoms with Crippen molar-refractivity contribution in [2.45, 2.75) is 13.2 Å². The predicted molar refractivity (Wildman–Crippen MR) is 102 cm³/mol. The number of carbonyl (C=O) groups excluding carboxylic acids is 1. The van der Waals surface area contributed by atoms with Crippen molar-refractivity contribution in [2.24, 2.45) is 0 Å². The number of furan rings is 1. The minimum Gasteiger partial charge on any atom is -0.486 e. The Labute approximate surface area is 174 Å². The average molecular weight is 438 g/mol. The van der Waals surface area contributed by atoms with E-state index in [1.807, 2.05) is 0 Å². The van der Waals surface area contributed by atoms with E-state index in [1.165, 1.54) is 24.3 Å². The molecule has 0 fully saturated rings. The Bertz CT molecular complexity index is 1070. The average Bonchev–Trinajstić information content (AvgIpc) is 3.37. The number of benzene rings is 2. The topological polar surface area (TPSA) is 79.2 Å². The Kier molecular flexibility index (Phi) is 5.62. The van der Waals surface area contributed by atoms with Gasteiger partial charge in [0, 0.05) is 11.8 Å². The lowest BCUT2D eigenvalue weighted by Gasteiger charge is -2.09. The van der Waals surface area contributed by atoms with Crippen molar-refractivity contribution in [1.82, 2.24) is 0 Å². The van der Waals surface area contributed by atoms with Crippen LogP contribution in [0.4, 0.5) is 14.5 Å². The number of halogens is 3. The van der Waals surface area contributed by atoms with Crippen molar-refractivity contribution in [3.05, 3.63) is 65.1 Å². The highest BCUT2D eigenvalue weighted by molar-refractivity contribution is 6.32. The second-order valence-electron chi connectivity index (χ2n) is 6.05. The molecule has 10 heteroatoms. The van der Waals surface area contributed by atoms with Crippen LogP contribution in [0.15, 0.2) is 52.9 Å². The maximum absolute atomic E-state index is 12.3. The Hall–Kier alpha value is -3.46. The van der Waals surface area contributed by atoms with Crippen LogP contribution in [-0.2, 0) is 6.61 Å². The van der Waals surface area contributed by atoms with Crippen LogP contribution in [0.3, 0.4) is 0 Å². The summed E-state index contributed by atoms with van der Waals surface area (Å²) in [6.07, 6.45) is 0. The number of nitrogens with one attached hydrogen (secondary N) is 1. The molecule has 1 aliphatic rings. The van der Waals surface area contributed by atoms with Crippen LogP contribution < -0.4 is 24.3 Å². The Morgan fingerprint density at radius 1 is 1.10 bits per heavy atom. The van der Waals surface area contributed by atoms with E-state index in [1.54, 1.807) is 24.3 Å². The molecule has 7 nitrogen and oxygen atoms in total. The first-order valence-electron chi connectivity index (χ1n) is 8.65. The Balaban J connectivity index is 1.35. The molecule has 4 rings (SSSR count). The predicted octanol–water partition coefficient (Wildman–Crippen LogP) is 5.09. The third kappa shape index (κ3) is 4.57. The fourth-order valence-corrected chi connectivity index (χ4v) is 2.89. The number of anilines is 1. The molecule has 1 aromatic heterocycles. The first-order valence-corrected chi connectivity index (χ1v) is 9.02. The van der Waals surface area contributed by atoms with Gasteiger partial charge in [0.05, 0.1) is 5.02 Å². The van der Waals surface area contributed by atoms with Gasteiger partial charge in [-0.15, -0.1) is 0 Å². The minimum atomic E-state index is -3.00. The molecule has 1 aliphatic heterocycles. The van der Waals surface area contributed by atoms with Crippen molar-refractivity contribution in [3.8, 4) is 23.0 Å². The zero-order chi connectivity index (χ0) is 21.1. The maximum Gasteiger partial charge on any atom is 0.387 e. The molecular formula is C20H14ClF2NO6. The highest BCUT2D eigenvalue weighted by atomic mass is 35.5.